The van der Waals surface area contributed by atoms with E-state index in [1.807, 2.05) is 35.8 Å². The number of hydrogen-bond acceptors (Lipinski definition) is 6. The Kier molecular flexibility index (Phi) is 6.31. The fourth-order valence-electron chi connectivity index (χ4n) is 2.39. The van der Waals surface area contributed by atoms with Crippen molar-refractivity contribution in [1.82, 2.24) is 19.7 Å². The Balaban J connectivity index is 1.67. The Hall–Kier alpha value is -2.58. The van der Waals surface area contributed by atoms with Crippen LogP contribution in [0.5, 0.6) is 5.75 Å². The molecule has 2 heterocycles. The van der Waals surface area contributed by atoms with E-state index in [4.69, 9.17) is 16.3 Å². The number of rotatable bonds is 7. The monoisotopic (exact) mass is 403 g/mol. The second kappa shape index (κ2) is 8.88. The van der Waals surface area contributed by atoms with E-state index in [0.717, 1.165) is 17.1 Å². The number of amides is 1. The zero-order chi connectivity index (χ0) is 19.2. The van der Waals surface area contributed by atoms with E-state index < -0.39 is 0 Å². The van der Waals surface area contributed by atoms with Crippen molar-refractivity contribution < 1.29 is 9.53 Å². The summed E-state index contributed by atoms with van der Waals surface area (Å²) in [5.74, 6) is 2.02. The summed E-state index contributed by atoms with van der Waals surface area (Å²) in [5.41, 5.74) is 0.937. The molecule has 0 aliphatic carbocycles. The molecule has 9 heteroatoms. The third-order valence-electron chi connectivity index (χ3n) is 3.71. The summed E-state index contributed by atoms with van der Waals surface area (Å²) in [6, 6.07) is 10.9. The van der Waals surface area contributed by atoms with Crippen molar-refractivity contribution in [2.75, 3.05) is 18.2 Å². The maximum Gasteiger partial charge on any atom is 0.236 e. The molecule has 1 aromatic carbocycles. The minimum Gasteiger partial charge on any atom is -0.497 e. The first-order chi connectivity index (χ1) is 13.1. The molecule has 0 aliphatic heterocycles. The summed E-state index contributed by atoms with van der Waals surface area (Å²) < 4.78 is 7.16. The van der Waals surface area contributed by atoms with E-state index in [9.17, 15) is 4.79 Å². The molecule has 0 saturated heterocycles. The van der Waals surface area contributed by atoms with Crippen molar-refractivity contribution in [1.29, 1.82) is 0 Å². The number of pyridine rings is 1. The van der Waals surface area contributed by atoms with Crippen LogP contribution in [0.2, 0.25) is 5.02 Å². The van der Waals surface area contributed by atoms with Gasteiger partial charge in [0, 0.05) is 18.3 Å². The lowest BCUT2D eigenvalue weighted by Crippen LogP contribution is -2.15. The van der Waals surface area contributed by atoms with E-state index in [0.29, 0.717) is 22.5 Å². The summed E-state index contributed by atoms with van der Waals surface area (Å²) in [5, 5.41) is 12.4. The topological polar surface area (TPSA) is 81.9 Å². The fraction of sp³-hybridized carbons (Fsp3) is 0.222. The minimum absolute atomic E-state index is 0.175. The van der Waals surface area contributed by atoms with Crippen molar-refractivity contribution in [3.8, 4) is 17.1 Å². The summed E-state index contributed by atoms with van der Waals surface area (Å²) in [4.78, 5) is 16.2. The second-order valence-corrected chi connectivity index (χ2v) is 6.86. The average molecular weight is 404 g/mol. The lowest BCUT2D eigenvalue weighted by atomic mass is 10.2. The Morgan fingerprint density at radius 1 is 1.22 bits per heavy atom. The quantitative estimate of drug-likeness (QED) is 0.605. The van der Waals surface area contributed by atoms with Gasteiger partial charge in [-0.15, -0.1) is 10.2 Å². The van der Waals surface area contributed by atoms with Crippen LogP contribution in [0.1, 0.15) is 6.92 Å². The number of benzene rings is 1. The number of aromatic nitrogens is 4. The zero-order valence-corrected chi connectivity index (χ0v) is 16.4. The molecule has 3 rings (SSSR count). The fourth-order valence-corrected chi connectivity index (χ4v) is 3.31. The van der Waals surface area contributed by atoms with E-state index in [2.05, 4.69) is 20.5 Å². The molecule has 7 nitrogen and oxygen atoms in total. The van der Waals surface area contributed by atoms with Gasteiger partial charge < -0.3 is 14.6 Å². The van der Waals surface area contributed by atoms with Crippen LogP contribution in [0.4, 0.5) is 5.82 Å². The van der Waals surface area contributed by atoms with Crippen LogP contribution >= 0.6 is 23.4 Å². The number of anilines is 1. The maximum atomic E-state index is 12.1. The molecule has 27 heavy (non-hydrogen) atoms. The molecule has 1 N–H and O–H groups in total. The lowest BCUT2D eigenvalue weighted by molar-refractivity contribution is -0.113. The van der Waals surface area contributed by atoms with Crippen LogP contribution < -0.4 is 10.1 Å². The number of nitrogens with zero attached hydrogens (tertiary/aromatic N) is 4. The number of carbonyl (C=O) groups excluding carboxylic acids is 1. The first-order valence-electron chi connectivity index (χ1n) is 8.22. The molecule has 0 spiro atoms. The first kappa shape index (κ1) is 19.2. The van der Waals surface area contributed by atoms with Gasteiger partial charge in [0.25, 0.3) is 0 Å². The number of thioether (sulfide) groups is 1. The molecule has 0 aliphatic rings. The molecular weight excluding hydrogens is 386 g/mol. The number of halogens is 1. The maximum absolute atomic E-state index is 12.1. The molecule has 1 amide bonds. The van der Waals surface area contributed by atoms with E-state index in [1.54, 1.807) is 19.2 Å². The Morgan fingerprint density at radius 2 is 2.00 bits per heavy atom. The smallest absolute Gasteiger partial charge is 0.236 e. The van der Waals surface area contributed by atoms with Gasteiger partial charge >= 0.3 is 0 Å². The van der Waals surface area contributed by atoms with E-state index >= 15 is 0 Å². The first-order valence-corrected chi connectivity index (χ1v) is 9.59. The van der Waals surface area contributed by atoms with Crippen LogP contribution in [-0.2, 0) is 11.3 Å². The minimum atomic E-state index is -0.175. The number of carbonyl (C=O) groups is 1. The van der Waals surface area contributed by atoms with Crippen molar-refractivity contribution in [2.24, 2.45) is 0 Å². The van der Waals surface area contributed by atoms with Crippen molar-refractivity contribution in [3.05, 3.63) is 47.6 Å². The molecule has 0 bridgehead atoms. The molecular formula is C18H18ClN5O2S. The average Bonchev–Trinajstić information content (AvgIpc) is 3.11. The summed E-state index contributed by atoms with van der Waals surface area (Å²) in [6.45, 7) is 2.70. The van der Waals surface area contributed by atoms with Gasteiger partial charge in [0.2, 0.25) is 5.91 Å². The molecule has 2 aromatic heterocycles. The van der Waals surface area contributed by atoms with Gasteiger partial charge in [0.15, 0.2) is 11.0 Å². The van der Waals surface area contributed by atoms with Crippen molar-refractivity contribution in [2.45, 2.75) is 18.6 Å². The Labute approximate surface area is 166 Å². The van der Waals surface area contributed by atoms with Gasteiger partial charge in [-0.3, -0.25) is 4.79 Å². The van der Waals surface area contributed by atoms with Crippen LogP contribution in [0.25, 0.3) is 11.4 Å². The summed E-state index contributed by atoms with van der Waals surface area (Å²) in [7, 11) is 1.63. The SMILES string of the molecule is CCn1c(SCC(=O)Nc2ccc(Cl)cn2)nnc1-c1ccc(OC)cc1. The highest BCUT2D eigenvalue weighted by Crippen LogP contribution is 2.25. The highest BCUT2D eigenvalue weighted by molar-refractivity contribution is 7.99. The number of nitrogens with one attached hydrogen (secondary N) is 1. The van der Waals surface area contributed by atoms with E-state index in [1.165, 1.54) is 18.0 Å². The highest BCUT2D eigenvalue weighted by atomic mass is 35.5. The molecule has 3 aromatic rings. The lowest BCUT2D eigenvalue weighted by Gasteiger charge is -2.08. The predicted molar refractivity (Wildman–Crippen MR) is 106 cm³/mol. The standard InChI is InChI=1S/C18H18ClN5O2S/c1-3-24-17(12-4-7-14(26-2)8-5-12)22-23-18(24)27-11-16(25)21-15-9-6-13(19)10-20-15/h4-10H,3,11H2,1-2H3,(H,20,21,25). The van der Waals surface area contributed by atoms with Crippen LogP contribution in [0.15, 0.2) is 47.8 Å². The molecule has 0 saturated carbocycles. The summed E-state index contributed by atoms with van der Waals surface area (Å²) >= 11 is 7.11. The zero-order valence-electron chi connectivity index (χ0n) is 14.8. The molecule has 0 fully saturated rings. The Morgan fingerprint density at radius 3 is 2.63 bits per heavy atom. The van der Waals surface area contributed by atoms with Gasteiger partial charge in [-0.2, -0.15) is 0 Å². The number of ether oxygens (including phenoxy) is 1. The molecule has 0 unspecified atom stereocenters. The van der Waals surface area contributed by atoms with E-state index in [-0.39, 0.29) is 11.7 Å². The van der Waals surface area contributed by atoms with Crippen LogP contribution in [0, 0.1) is 0 Å². The van der Waals surface area contributed by atoms with Gasteiger partial charge in [0.1, 0.15) is 11.6 Å². The predicted octanol–water partition coefficient (Wildman–Crippen LogP) is 3.75. The third kappa shape index (κ3) is 4.78. The molecule has 140 valence electrons. The van der Waals surface area contributed by atoms with Crippen molar-refractivity contribution >= 4 is 35.1 Å². The van der Waals surface area contributed by atoms with Gasteiger partial charge in [0.05, 0.1) is 17.9 Å². The number of hydrogen-bond donors (Lipinski definition) is 1. The number of methoxy groups -OCH3 is 1. The Bertz CT molecular complexity index is 913. The third-order valence-corrected chi connectivity index (χ3v) is 4.90. The van der Waals surface area contributed by atoms with Gasteiger partial charge in [-0.05, 0) is 43.3 Å². The van der Waals surface area contributed by atoms with Gasteiger partial charge in [-0.25, -0.2) is 4.98 Å². The largest absolute Gasteiger partial charge is 0.497 e. The van der Waals surface area contributed by atoms with Gasteiger partial charge in [-0.1, -0.05) is 23.4 Å². The van der Waals surface area contributed by atoms with Crippen molar-refractivity contribution in [3.63, 3.8) is 0 Å². The summed E-state index contributed by atoms with van der Waals surface area (Å²) in [6.07, 6.45) is 1.49. The molecule has 0 radical (unpaired) electrons. The van der Waals surface area contributed by atoms with Crippen LogP contribution in [0.3, 0.4) is 0 Å². The second-order valence-electron chi connectivity index (χ2n) is 5.48. The highest BCUT2D eigenvalue weighted by Gasteiger charge is 2.15. The normalized spacial score (nSPS) is 10.6. The van der Waals surface area contributed by atoms with Crippen LogP contribution in [-0.4, -0.2) is 38.5 Å². The molecule has 0 atom stereocenters.